The molecule has 0 atom stereocenters. The molecule has 0 saturated heterocycles. The molecule has 0 bridgehead atoms. The van der Waals surface area contributed by atoms with Gasteiger partial charge in [0.1, 0.15) is 18.4 Å². The number of aromatic nitrogens is 3. The van der Waals surface area contributed by atoms with Gasteiger partial charge < -0.3 is 4.74 Å². The van der Waals surface area contributed by atoms with Crippen molar-refractivity contribution in [2.45, 2.75) is 19.9 Å². The molecule has 0 N–H and O–H groups in total. The molecule has 1 aromatic carbocycles. The SMILES string of the molecule is CCCOc1ccc(Cn2cncn2)cc1. The summed E-state index contributed by atoms with van der Waals surface area (Å²) in [5, 5.41) is 4.06. The van der Waals surface area contributed by atoms with Crippen LogP contribution in [0.15, 0.2) is 36.9 Å². The van der Waals surface area contributed by atoms with Crippen LogP contribution in [-0.2, 0) is 6.54 Å². The highest BCUT2D eigenvalue weighted by molar-refractivity contribution is 5.27. The summed E-state index contributed by atoms with van der Waals surface area (Å²) in [7, 11) is 0. The van der Waals surface area contributed by atoms with Gasteiger partial charge in [-0.15, -0.1) is 0 Å². The quantitative estimate of drug-likeness (QED) is 0.770. The fourth-order valence-corrected chi connectivity index (χ4v) is 1.41. The number of hydrogen-bond donors (Lipinski definition) is 0. The Morgan fingerprint density at radius 2 is 2.06 bits per heavy atom. The van der Waals surface area contributed by atoms with Gasteiger partial charge in [0.15, 0.2) is 0 Å². The third-order valence-electron chi connectivity index (χ3n) is 2.21. The van der Waals surface area contributed by atoms with E-state index in [4.69, 9.17) is 4.74 Å². The van der Waals surface area contributed by atoms with Crippen LogP contribution < -0.4 is 4.74 Å². The summed E-state index contributed by atoms with van der Waals surface area (Å²) in [5.41, 5.74) is 1.19. The van der Waals surface area contributed by atoms with Crippen molar-refractivity contribution in [2.75, 3.05) is 6.61 Å². The topological polar surface area (TPSA) is 39.9 Å². The number of hydrogen-bond acceptors (Lipinski definition) is 3. The minimum absolute atomic E-state index is 0.744. The van der Waals surface area contributed by atoms with Gasteiger partial charge in [-0.25, -0.2) is 9.67 Å². The summed E-state index contributed by atoms with van der Waals surface area (Å²) in [6.07, 6.45) is 4.28. The zero-order valence-corrected chi connectivity index (χ0v) is 9.34. The zero-order chi connectivity index (χ0) is 11.2. The summed E-state index contributed by atoms with van der Waals surface area (Å²) in [6, 6.07) is 8.07. The third-order valence-corrected chi connectivity index (χ3v) is 2.21. The molecule has 0 aliphatic rings. The second kappa shape index (κ2) is 5.30. The van der Waals surface area contributed by atoms with Crippen molar-refractivity contribution < 1.29 is 4.74 Å². The molecule has 0 unspecified atom stereocenters. The molecule has 0 spiro atoms. The zero-order valence-electron chi connectivity index (χ0n) is 9.34. The molecule has 4 heteroatoms. The van der Waals surface area contributed by atoms with Crippen LogP contribution in [0.4, 0.5) is 0 Å². The van der Waals surface area contributed by atoms with Crippen LogP contribution in [-0.4, -0.2) is 21.4 Å². The molecule has 4 nitrogen and oxygen atoms in total. The van der Waals surface area contributed by atoms with E-state index in [2.05, 4.69) is 17.0 Å². The fraction of sp³-hybridized carbons (Fsp3) is 0.333. The van der Waals surface area contributed by atoms with Crippen LogP contribution in [0.3, 0.4) is 0 Å². The molecular formula is C12H15N3O. The van der Waals surface area contributed by atoms with Crippen LogP contribution in [0.1, 0.15) is 18.9 Å². The van der Waals surface area contributed by atoms with E-state index in [1.807, 2.05) is 24.3 Å². The average molecular weight is 217 g/mol. The Labute approximate surface area is 94.9 Å². The van der Waals surface area contributed by atoms with E-state index in [1.165, 1.54) is 5.56 Å². The summed E-state index contributed by atoms with van der Waals surface area (Å²) < 4.78 is 7.30. The average Bonchev–Trinajstić information content (AvgIpc) is 2.81. The van der Waals surface area contributed by atoms with E-state index < -0.39 is 0 Å². The first-order valence-electron chi connectivity index (χ1n) is 5.42. The molecule has 2 rings (SSSR count). The standard InChI is InChI=1S/C12H15N3O/c1-2-7-16-12-5-3-11(4-6-12)8-15-10-13-9-14-15/h3-6,9-10H,2,7-8H2,1H3. The normalized spacial score (nSPS) is 10.3. The highest BCUT2D eigenvalue weighted by Crippen LogP contribution is 2.12. The van der Waals surface area contributed by atoms with Crippen LogP contribution in [0.2, 0.25) is 0 Å². The monoisotopic (exact) mass is 217 g/mol. The maximum Gasteiger partial charge on any atom is 0.137 e. The lowest BCUT2D eigenvalue weighted by atomic mass is 10.2. The molecule has 0 saturated carbocycles. The molecule has 1 aromatic heterocycles. The molecule has 0 radical (unpaired) electrons. The van der Waals surface area contributed by atoms with E-state index in [1.54, 1.807) is 17.3 Å². The van der Waals surface area contributed by atoms with Crippen LogP contribution in [0, 0.1) is 0 Å². The van der Waals surface area contributed by atoms with Gasteiger partial charge >= 0.3 is 0 Å². The van der Waals surface area contributed by atoms with E-state index in [0.29, 0.717) is 0 Å². The summed E-state index contributed by atoms with van der Waals surface area (Å²) in [6.45, 7) is 3.61. The Bertz CT molecular complexity index is 408. The highest BCUT2D eigenvalue weighted by Gasteiger charge is 1.97. The number of benzene rings is 1. The Hall–Kier alpha value is -1.84. The van der Waals surface area contributed by atoms with Gasteiger partial charge in [-0.05, 0) is 24.1 Å². The molecule has 0 aliphatic carbocycles. The van der Waals surface area contributed by atoms with Crippen molar-refractivity contribution in [2.24, 2.45) is 0 Å². The summed E-state index contributed by atoms with van der Waals surface area (Å²) >= 11 is 0. The smallest absolute Gasteiger partial charge is 0.137 e. The predicted octanol–water partition coefficient (Wildman–Crippen LogP) is 2.12. The van der Waals surface area contributed by atoms with Gasteiger partial charge in [-0.2, -0.15) is 5.10 Å². The molecule has 84 valence electrons. The van der Waals surface area contributed by atoms with Crippen molar-refractivity contribution in [3.05, 3.63) is 42.5 Å². The van der Waals surface area contributed by atoms with Gasteiger partial charge in [0.05, 0.1) is 13.2 Å². The molecule has 0 aliphatic heterocycles. The molecule has 2 aromatic rings. The Morgan fingerprint density at radius 3 is 2.69 bits per heavy atom. The minimum atomic E-state index is 0.744. The maximum absolute atomic E-state index is 5.51. The largest absolute Gasteiger partial charge is 0.494 e. The molecule has 1 heterocycles. The van der Waals surface area contributed by atoms with Crippen molar-refractivity contribution in [1.29, 1.82) is 0 Å². The van der Waals surface area contributed by atoms with E-state index in [9.17, 15) is 0 Å². The lowest BCUT2D eigenvalue weighted by molar-refractivity contribution is 0.317. The van der Waals surface area contributed by atoms with E-state index >= 15 is 0 Å². The second-order valence-electron chi connectivity index (χ2n) is 3.59. The van der Waals surface area contributed by atoms with Gasteiger partial charge in [-0.1, -0.05) is 19.1 Å². The number of nitrogens with zero attached hydrogens (tertiary/aromatic N) is 3. The van der Waals surface area contributed by atoms with Crippen molar-refractivity contribution >= 4 is 0 Å². The Kier molecular flexibility index (Phi) is 3.53. The minimum Gasteiger partial charge on any atom is -0.494 e. The number of rotatable bonds is 5. The van der Waals surface area contributed by atoms with Crippen molar-refractivity contribution in [3.8, 4) is 5.75 Å². The predicted molar refractivity (Wildman–Crippen MR) is 61.4 cm³/mol. The summed E-state index contributed by atoms with van der Waals surface area (Å²) in [4.78, 5) is 3.90. The van der Waals surface area contributed by atoms with E-state index in [0.717, 1.165) is 25.3 Å². The number of ether oxygens (including phenoxy) is 1. The fourth-order valence-electron chi connectivity index (χ4n) is 1.41. The second-order valence-corrected chi connectivity index (χ2v) is 3.59. The Morgan fingerprint density at radius 1 is 1.25 bits per heavy atom. The molecule has 16 heavy (non-hydrogen) atoms. The Balaban J connectivity index is 1.96. The van der Waals surface area contributed by atoms with Gasteiger partial charge in [-0.3, -0.25) is 0 Å². The lowest BCUT2D eigenvalue weighted by Gasteiger charge is -2.05. The van der Waals surface area contributed by atoms with Crippen molar-refractivity contribution in [3.63, 3.8) is 0 Å². The van der Waals surface area contributed by atoms with Crippen LogP contribution >= 0.6 is 0 Å². The molecule has 0 amide bonds. The van der Waals surface area contributed by atoms with E-state index in [-0.39, 0.29) is 0 Å². The molecular weight excluding hydrogens is 202 g/mol. The first-order chi connectivity index (χ1) is 7.88. The maximum atomic E-state index is 5.51. The summed E-state index contributed by atoms with van der Waals surface area (Å²) in [5.74, 6) is 0.921. The van der Waals surface area contributed by atoms with Gasteiger partial charge in [0, 0.05) is 0 Å². The van der Waals surface area contributed by atoms with Gasteiger partial charge in [0.25, 0.3) is 0 Å². The van der Waals surface area contributed by atoms with Crippen LogP contribution in [0.5, 0.6) is 5.75 Å². The van der Waals surface area contributed by atoms with Gasteiger partial charge in [0.2, 0.25) is 0 Å². The lowest BCUT2D eigenvalue weighted by Crippen LogP contribution is -2.00. The first kappa shape index (κ1) is 10.7. The van der Waals surface area contributed by atoms with Crippen LogP contribution in [0.25, 0.3) is 0 Å². The van der Waals surface area contributed by atoms with Crippen molar-refractivity contribution in [1.82, 2.24) is 14.8 Å². The highest BCUT2D eigenvalue weighted by atomic mass is 16.5. The molecule has 0 fully saturated rings. The first-order valence-corrected chi connectivity index (χ1v) is 5.42. The third kappa shape index (κ3) is 2.82.